The number of fused-ring (bicyclic) bond motifs is 3. The van der Waals surface area contributed by atoms with E-state index in [-0.39, 0.29) is 0 Å². The molecule has 0 fully saturated rings. The Bertz CT molecular complexity index is 751. The van der Waals surface area contributed by atoms with E-state index in [0.29, 0.717) is 6.04 Å². The van der Waals surface area contributed by atoms with Gasteiger partial charge in [0.2, 0.25) is 0 Å². The maximum absolute atomic E-state index is 4.32. The summed E-state index contributed by atoms with van der Waals surface area (Å²) in [6.45, 7) is 2.31. The molecule has 0 aliphatic rings. The fraction of sp³-hybridized carbons (Fsp3) is 0.500. The first-order valence-electron chi connectivity index (χ1n) is 10.4. The summed E-state index contributed by atoms with van der Waals surface area (Å²) in [5, 5.41) is 2.80. The van der Waals surface area contributed by atoms with Crippen molar-refractivity contribution < 1.29 is 0 Å². The first-order valence-corrected chi connectivity index (χ1v) is 11.1. The smallest absolute Gasteiger partial charge is 0.0493 e. The molecule has 0 N–H and O–H groups in total. The fourth-order valence-electron chi connectivity index (χ4n) is 4.21. The highest BCUT2D eigenvalue weighted by Crippen LogP contribution is 2.35. The highest BCUT2D eigenvalue weighted by Gasteiger charge is 2.17. The maximum Gasteiger partial charge on any atom is 0.0493 e. The highest BCUT2D eigenvalue weighted by molar-refractivity contribution is 7.80. The molecule has 2 aromatic carbocycles. The standard InChI is InChI=1S/C24H33NS/c1-2-3-13-20(14-7-5-4-6-12-19-26)25-23-17-10-8-15-21(23)22-16-9-11-18-24(22)25/h8-11,15-18,20,26H,2-7,12-14,19H2,1H3. The molecule has 1 nitrogen and oxygen atoms in total. The van der Waals surface area contributed by atoms with Crippen molar-refractivity contribution in [3.63, 3.8) is 0 Å². The van der Waals surface area contributed by atoms with Crippen LogP contribution in [0.4, 0.5) is 0 Å². The number of unbranched alkanes of at least 4 members (excludes halogenated alkanes) is 5. The van der Waals surface area contributed by atoms with Crippen molar-refractivity contribution in [3.05, 3.63) is 48.5 Å². The second-order valence-corrected chi connectivity index (χ2v) is 7.93. The Balaban J connectivity index is 1.85. The molecule has 0 aliphatic heterocycles. The quantitative estimate of drug-likeness (QED) is 0.260. The van der Waals surface area contributed by atoms with E-state index < -0.39 is 0 Å². The minimum atomic E-state index is 0.615. The average molecular weight is 368 g/mol. The molecular weight excluding hydrogens is 334 g/mol. The Morgan fingerprint density at radius 1 is 0.731 bits per heavy atom. The van der Waals surface area contributed by atoms with Crippen molar-refractivity contribution in [1.82, 2.24) is 4.57 Å². The van der Waals surface area contributed by atoms with E-state index in [2.05, 4.69) is 72.7 Å². The lowest BCUT2D eigenvalue weighted by atomic mass is 10.0. The summed E-state index contributed by atoms with van der Waals surface area (Å²) in [5.41, 5.74) is 2.81. The summed E-state index contributed by atoms with van der Waals surface area (Å²) in [7, 11) is 0. The summed E-state index contributed by atoms with van der Waals surface area (Å²) in [6, 6.07) is 18.5. The zero-order chi connectivity index (χ0) is 18.2. The molecule has 0 amide bonds. The third-order valence-electron chi connectivity index (χ3n) is 5.57. The maximum atomic E-state index is 4.32. The topological polar surface area (TPSA) is 4.93 Å². The van der Waals surface area contributed by atoms with Crippen LogP contribution in [0.15, 0.2) is 48.5 Å². The zero-order valence-corrected chi connectivity index (χ0v) is 17.1. The predicted molar refractivity (Wildman–Crippen MR) is 120 cm³/mol. The second kappa shape index (κ2) is 10.1. The number of hydrogen-bond donors (Lipinski definition) is 1. The highest BCUT2D eigenvalue weighted by atomic mass is 32.1. The van der Waals surface area contributed by atoms with Gasteiger partial charge in [0.1, 0.15) is 0 Å². The lowest BCUT2D eigenvalue weighted by Gasteiger charge is -2.21. The molecule has 0 saturated heterocycles. The molecule has 1 unspecified atom stereocenters. The van der Waals surface area contributed by atoms with Gasteiger partial charge in [-0.15, -0.1) is 0 Å². The van der Waals surface area contributed by atoms with Gasteiger partial charge in [0.05, 0.1) is 0 Å². The number of rotatable bonds is 11. The van der Waals surface area contributed by atoms with Crippen LogP contribution in [0.3, 0.4) is 0 Å². The first kappa shape index (κ1) is 19.4. The van der Waals surface area contributed by atoms with Gasteiger partial charge in [-0.05, 0) is 37.1 Å². The van der Waals surface area contributed by atoms with Gasteiger partial charge in [-0.3, -0.25) is 0 Å². The Kier molecular flexibility index (Phi) is 7.49. The largest absolute Gasteiger partial charge is 0.337 e. The van der Waals surface area contributed by atoms with Crippen LogP contribution in [-0.4, -0.2) is 10.3 Å². The van der Waals surface area contributed by atoms with Crippen molar-refractivity contribution in [1.29, 1.82) is 0 Å². The minimum Gasteiger partial charge on any atom is -0.337 e. The first-order chi connectivity index (χ1) is 12.9. The van der Waals surface area contributed by atoms with Crippen LogP contribution in [0.1, 0.15) is 70.8 Å². The van der Waals surface area contributed by atoms with Crippen LogP contribution < -0.4 is 0 Å². The van der Waals surface area contributed by atoms with Gasteiger partial charge < -0.3 is 4.57 Å². The molecule has 0 aliphatic carbocycles. The van der Waals surface area contributed by atoms with Gasteiger partial charge >= 0.3 is 0 Å². The molecule has 3 aromatic rings. The molecule has 1 heterocycles. The van der Waals surface area contributed by atoms with Crippen molar-refractivity contribution in [2.75, 3.05) is 5.75 Å². The molecule has 0 radical (unpaired) electrons. The third-order valence-corrected chi connectivity index (χ3v) is 5.89. The molecule has 0 bridgehead atoms. The predicted octanol–water partition coefficient (Wildman–Crippen LogP) is 7.80. The second-order valence-electron chi connectivity index (χ2n) is 7.48. The number of aromatic nitrogens is 1. The van der Waals surface area contributed by atoms with Gasteiger partial charge in [0.15, 0.2) is 0 Å². The molecule has 2 heteroatoms. The van der Waals surface area contributed by atoms with Gasteiger partial charge in [-0.2, -0.15) is 12.6 Å². The molecule has 1 aromatic heterocycles. The van der Waals surface area contributed by atoms with E-state index in [4.69, 9.17) is 0 Å². The summed E-state index contributed by atoms with van der Waals surface area (Å²) in [5.74, 6) is 1.03. The number of nitrogens with zero attached hydrogens (tertiary/aromatic N) is 1. The number of benzene rings is 2. The van der Waals surface area contributed by atoms with Gasteiger partial charge in [0.25, 0.3) is 0 Å². The van der Waals surface area contributed by atoms with Crippen molar-refractivity contribution >= 4 is 34.4 Å². The molecule has 26 heavy (non-hydrogen) atoms. The summed E-state index contributed by atoms with van der Waals surface area (Å²) in [6.07, 6.45) is 11.8. The van der Waals surface area contributed by atoms with Crippen LogP contribution in [0, 0.1) is 0 Å². The zero-order valence-electron chi connectivity index (χ0n) is 16.2. The van der Waals surface area contributed by atoms with E-state index in [1.165, 1.54) is 79.6 Å². The van der Waals surface area contributed by atoms with Crippen molar-refractivity contribution in [2.45, 2.75) is 70.8 Å². The number of thiol groups is 1. The monoisotopic (exact) mass is 367 g/mol. The van der Waals surface area contributed by atoms with E-state index >= 15 is 0 Å². The minimum absolute atomic E-state index is 0.615. The average Bonchev–Trinajstić information content (AvgIpc) is 3.02. The summed E-state index contributed by atoms with van der Waals surface area (Å²) < 4.78 is 2.65. The normalized spacial score (nSPS) is 12.8. The molecule has 3 rings (SSSR count). The fourth-order valence-corrected chi connectivity index (χ4v) is 4.43. The van der Waals surface area contributed by atoms with E-state index in [1.807, 2.05) is 0 Å². The van der Waals surface area contributed by atoms with E-state index in [1.54, 1.807) is 0 Å². The Labute approximate surface area is 164 Å². The third kappa shape index (κ3) is 4.46. The molecule has 140 valence electrons. The Hall–Kier alpha value is -1.41. The molecule has 0 saturated carbocycles. The van der Waals surface area contributed by atoms with Gasteiger partial charge in [0, 0.05) is 27.8 Å². The van der Waals surface area contributed by atoms with Crippen LogP contribution in [0.2, 0.25) is 0 Å². The van der Waals surface area contributed by atoms with Gasteiger partial charge in [-0.25, -0.2) is 0 Å². The van der Waals surface area contributed by atoms with E-state index in [0.717, 1.165) is 5.75 Å². The van der Waals surface area contributed by atoms with Crippen LogP contribution in [0.5, 0.6) is 0 Å². The van der Waals surface area contributed by atoms with Gasteiger partial charge in [-0.1, -0.05) is 81.8 Å². The van der Waals surface area contributed by atoms with Crippen LogP contribution >= 0.6 is 12.6 Å². The molecular formula is C24H33NS. The SMILES string of the molecule is CCCCC(CCCCCCCS)n1c2ccccc2c2ccccc21. The van der Waals surface area contributed by atoms with Crippen molar-refractivity contribution in [3.8, 4) is 0 Å². The Morgan fingerprint density at radius 2 is 1.27 bits per heavy atom. The Morgan fingerprint density at radius 3 is 1.88 bits per heavy atom. The van der Waals surface area contributed by atoms with Crippen LogP contribution in [0.25, 0.3) is 21.8 Å². The molecule has 0 spiro atoms. The van der Waals surface area contributed by atoms with E-state index in [9.17, 15) is 0 Å². The summed E-state index contributed by atoms with van der Waals surface area (Å²) in [4.78, 5) is 0. The number of para-hydroxylation sites is 2. The number of hydrogen-bond acceptors (Lipinski definition) is 1. The lowest BCUT2D eigenvalue weighted by Crippen LogP contribution is -2.09. The van der Waals surface area contributed by atoms with Crippen molar-refractivity contribution in [2.24, 2.45) is 0 Å². The van der Waals surface area contributed by atoms with Crippen LogP contribution in [-0.2, 0) is 0 Å². The summed E-state index contributed by atoms with van der Waals surface area (Å²) >= 11 is 4.32. The molecule has 1 atom stereocenters. The lowest BCUT2D eigenvalue weighted by molar-refractivity contribution is 0.418.